The van der Waals surface area contributed by atoms with Crippen molar-refractivity contribution in [3.8, 4) is 0 Å². The van der Waals surface area contributed by atoms with Crippen LogP contribution in [0.25, 0.3) is 0 Å². The molecule has 0 spiro atoms. The lowest BCUT2D eigenvalue weighted by molar-refractivity contribution is -0.115. The van der Waals surface area contributed by atoms with Crippen LogP contribution in [0.15, 0.2) is 53.6 Å². The zero-order chi connectivity index (χ0) is 16.2. The summed E-state index contributed by atoms with van der Waals surface area (Å²) in [6.07, 6.45) is 1.49. The van der Waals surface area contributed by atoms with Crippen molar-refractivity contribution in [3.05, 3.63) is 48.7 Å². The van der Waals surface area contributed by atoms with Crippen molar-refractivity contribution in [1.82, 2.24) is 4.98 Å². The zero-order valence-electron chi connectivity index (χ0n) is 11.7. The molecule has 2 N–H and O–H groups in total. The Morgan fingerprint density at radius 1 is 1.18 bits per heavy atom. The molecule has 22 heavy (non-hydrogen) atoms. The van der Waals surface area contributed by atoms with E-state index in [0.29, 0.717) is 5.69 Å². The molecule has 0 bridgehead atoms. The summed E-state index contributed by atoms with van der Waals surface area (Å²) in [5.74, 6) is -0.125. The highest BCUT2D eigenvalue weighted by Gasteiger charge is 2.15. The van der Waals surface area contributed by atoms with E-state index in [1.54, 1.807) is 25.1 Å². The molecule has 0 saturated heterocycles. The predicted octanol–water partition coefficient (Wildman–Crippen LogP) is 2.45. The van der Waals surface area contributed by atoms with Gasteiger partial charge in [0, 0.05) is 11.9 Å². The molecule has 1 aromatic heterocycles. The fourth-order valence-corrected chi connectivity index (χ4v) is 2.64. The highest BCUT2D eigenvalue weighted by molar-refractivity contribution is 7.92. The number of benzene rings is 1. The van der Waals surface area contributed by atoms with Gasteiger partial charge in [0.15, 0.2) is 0 Å². The van der Waals surface area contributed by atoms with Gasteiger partial charge in [-0.2, -0.15) is 0 Å². The van der Waals surface area contributed by atoms with E-state index in [0.717, 1.165) is 0 Å². The summed E-state index contributed by atoms with van der Waals surface area (Å²) < 4.78 is 26.7. The van der Waals surface area contributed by atoms with E-state index in [1.807, 2.05) is 0 Å². The number of pyridine rings is 1. The Morgan fingerprint density at radius 3 is 2.41 bits per heavy atom. The van der Waals surface area contributed by atoms with Gasteiger partial charge in [-0.15, -0.1) is 11.6 Å². The van der Waals surface area contributed by atoms with Gasteiger partial charge < -0.3 is 5.32 Å². The van der Waals surface area contributed by atoms with Gasteiger partial charge in [0.2, 0.25) is 5.91 Å². The minimum Gasteiger partial charge on any atom is -0.325 e. The molecule has 0 aliphatic rings. The third-order valence-electron chi connectivity index (χ3n) is 2.70. The van der Waals surface area contributed by atoms with E-state index in [2.05, 4.69) is 15.0 Å². The Hall–Kier alpha value is -2.12. The maximum atomic E-state index is 12.2. The molecule has 0 aliphatic heterocycles. The molecule has 1 aromatic carbocycles. The van der Waals surface area contributed by atoms with E-state index in [1.165, 1.54) is 30.5 Å². The molecule has 6 nitrogen and oxygen atoms in total. The lowest BCUT2D eigenvalue weighted by Crippen LogP contribution is -2.20. The summed E-state index contributed by atoms with van der Waals surface area (Å²) in [5, 5.41) is 1.90. The number of rotatable bonds is 5. The average Bonchev–Trinajstić information content (AvgIpc) is 2.48. The average molecular weight is 340 g/mol. The second-order valence-electron chi connectivity index (χ2n) is 4.45. The third-order valence-corrected chi connectivity index (χ3v) is 4.27. The van der Waals surface area contributed by atoms with E-state index >= 15 is 0 Å². The van der Waals surface area contributed by atoms with Crippen LogP contribution in [0.2, 0.25) is 0 Å². The van der Waals surface area contributed by atoms with Gasteiger partial charge in [0.25, 0.3) is 10.0 Å². The number of nitrogens with one attached hydrogen (secondary N) is 2. The van der Waals surface area contributed by atoms with Gasteiger partial charge in [0.05, 0.1) is 4.90 Å². The highest BCUT2D eigenvalue weighted by atomic mass is 35.5. The van der Waals surface area contributed by atoms with Gasteiger partial charge in [-0.05, 0) is 43.3 Å². The van der Waals surface area contributed by atoms with Crippen molar-refractivity contribution in [2.45, 2.75) is 17.2 Å². The first-order valence-electron chi connectivity index (χ1n) is 6.37. The molecule has 8 heteroatoms. The number of carbonyl (C=O) groups is 1. The van der Waals surface area contributed by atoms with Crippen LogP contribution in [-0.4, -0.2) is 24.7 Å². The summed E-state index contributed by atoms with van der Waals surface area (Å²) in [6.45, 7) is 1.55. The Morgan fingerprint density at radius 2 is 1.86 bits per heavy atom. The van der Waals surface area contributed by atoms with Crippen LogP contribution in [-0.2, 0) is 14.8 Å². The van der Waals surface area contributed by atoms with Crippen LogP contribution < -0.4 is 10.0 Å². The lowest BCUT2D eigenvalue weighted by atomic mass is 10.3. The second-order valence-corrected chi connectivity index (χ2v) is 6.79. The Bertz CT molecular complexity index is 747. The first-order valence-corrected chi connectivity index (χ1v) is 8.29. The van der Waals surface area contributed by atoms with Crippen LogP contribution in [0.3, 0.4) is 0 Å². The first-order chi connectivity index (χ1) is 10.4. The third kappa shape index (κ3) is 4.19. The summed E-state index contributed by atoms with van der Waals surface area (Å²) in [4.78, 5) is 15.4. The Labute approximate surface area is 133 Å². The molecular formula is C14H14ClN3O3S. The van der Waals surface area contributed by atoms with Gasteiger partial charge in [0.1, 0.15) is 11.2 Å². The number of halogens is 1. The van der Waals surface area contributed by atoms with Crippen molar-refractivity contribution in [3.63, 3.8) is 0 Å². The predicted molar refractivity (Wildman–Crippen MR) is 85.4 cm³/mol. The quantitative estimate of drug-likeness (QED) is 0.819. The van der Waals surface area contributed by atoms with Crippen molar-refractivity contribution >= 4 is 39.0 Å². The van der Waals surface area contributed by atoms with Crippen LogP contribution in [0.5, 0.6) is 0 Å². The summed E-state index contributed by atoms with van der Waals surface area (Å²) >= 11 is 5.65. The summed E-state index contributed by atoms with van der Waals surface area (Å²) in [6, 6.07) is 10.7. The zero-order valence-corrected chi connectivity index (χ0v) is 13.2. The van der Waals surface area contributed by atoms with E-state index in [-0.39, 0.29) is 16.6 Å². The number of sulfonamides is 1. The number of anilines is 2. The van der Waals surface area contributed by atoms with Crippen molar-refractivity contribution in [2.75, 3.05) is 10.0 Å². The topological polar surface area (TPSA) is 88.2 Å². The van der Waals surface area contributed by atoms with Gasteiger partial charge >= 0.3 is 0 Å². The van der Waals surface area contributed by atoms with Gasteiger partial charge in [-0.25, -0.2) is 13.4 Å². The van der Waals surface area contributed by atoms with Gasteiger partial charge in [-0.1, -0.05) is 6.07 Å². The lowest BCUT2D eigenvalue weighted by Gasteiger charge is -2.09. The minimum absolute atomic E-state index is 0.0649. The Kier molecular flexibility index (Phi) is 4.99. The van der Waals surface area contributed by atoms with Crippen LogP contribution in [0, 0.1) is 0 Å². The van der Waals surface area contributed by atoms with Gasteiger partial charge in [-0.3, -0.25) is 9.52 Å². The monoisotopic (exact) mass is 339 g/mol. The molecule has 0 fully saturated rings. The smallest absolute Gasteiger partial charge is 0.263 e. The molecular weight excluding hydrogens is 326 g/mol. The van der Waals surface area contributed by atoms with Crippen LogP contribution in [0.1, 0.15) is 6.92 Å². The highest BCUT2D eigenvalue weighted by Crippen LogP contribution is 2.17. The summed E-state index contributed by atoms with van der Waals surface area (Å²) in [5.41, 5.74) is 0.467. The van der Waals surface area contributed by atoms with Crippen molar-refractivity contribution in [2.24, 2.45) is 0 Å². The minimum atomic E-state index is -3.73. The number of nitrogens with zero attached hydrogens (tertiary/aromatic N) is 1. The maximum absolute atomic E-state index is 12.2. The number of alkyl halides is 1. The molecule has 116 valence electrons. The number of hydrogen-bond acceptors (Lipinski definition) is 4. The van der Waals surface area contributed by atoms with E-state index in [9.17, 15) is 13.2 Å². The molecule has 0 radical (unpaired) electrons. The largest absolute Gasteiger partial charge is 0.325 e. The molecule has 0 saturated carbocycles. The molecule has 2 rings (SSSR count). The fourth-order valence-electron chi connectivity index (χ4n) is 1.58. The molecule has 1 amide bonds. The SMILES string of the molecule is C[C@@H](Cl)C(=O)Nc1ccc(S(=O)(=O)Nc2ccccn2)cc1. The molecule has 0 aliphatic carbocycles. The van der Waals surface area contributed by atoms with Crippen LogP contribution >= 0.6 is 11.6 Å². The summed E-state index contributed by atoms with van der Waals surface area (Å²) in [7, 11) is -3.73. The van der Waals surface area contributed by atoms with Crippen molar-refractivity contribution < 1.29 is 13.2 Å². The molecule has 1 atom stereocenters. The van der Waals surface area contributed by atoms with E-state index in [4.69, 9.17) is 11.6 Å². The number of carbonyl (C=O) groups excluding carboxylic acids is 1. The first kappa shape index (κ1) is 16.3. The molecule has 1 heterocycles. The van der Waals surface area contributed by atoms with Crippen LogP contribution in [0.4, 0.5) is 11.5 Å². The molecule has 2 aromatic rings. The number of hydrogen-bond donors (Lipinski definition) is 2. The van der Waals surface area contributed by atoms with E-state index < -0.39 is 15.4 Å². The molecule has 0 unspecified atom stereocenters. The normalized spacial score (nSPS) is 12.5. The maximum Gasteiger partial charge on any atom is 0.263 e. The Balaban J connectivity index is 2.14. The van der Waals surface area contributed by atoms with Crippen molar-refractivity contribution in [1.29, 1.82) is 0 Å². The second kappa shape index (κ2) is 6.76. The fraction of sp³-hybridized carbons (Fsp3) is 0.143. The number of amides is 1. The standard InChI is InChI=1S/C14H14ClN3O3S/c1-10(15)14(19)17-11-5-7-12(8-6-11)22(20,21)18-13-4-2-3-9-16-13/h2-10H,1H3,(H,16,18)(H,17,19)/t10-/m1/s1. The number of aromatic nitrogens is 1.